The minimum atomic E-state index is -1.24. The summed E-state index contributed by atoms with van der Waals surface area (Å²) < 4.78 is 5.02. The summed E-state index contributed by atoms with van der Waals surface area (Å²) in [6.45, 7) is 1.21. The van der Waals surface area contributed by atoms with Gasteiger partial charge in [0.1, 0.15) is 24.4 Å². The molecule has 0 bridgehead atoms. The van der Waals surface area contributed by atoms with Gasteiger partial charge in [-0.2, -0.15) is 0 Å². The summed E-state index contributed by atoms with van der Waals surface area (Å²) >= 11 is 0. The molecule has 1 fully saturated rings. The Bertz CT molecular complexity index is 146. The van der Waals surface area contributed by atoms with Crippen LogP contribution in [0.15, 0.2) is 0 Å². The Labute approximate surface area is 70.2 Å². The number of aliphatic hydroxyl groups is 4. The van der Waals surface area contributed by atoms with Gasteiger partial charge in [-0.3, -0.25) is 0 Å². The van der Waals surface area contributed by atoms with Gasteiger partial charge in [-0.25, -0.2) is 0 Å². The van der Waals surface area contributed by atoms with Gasteiger partial charge < -0.3 is 25.2 Å². The van der Waals surface area contributed by atoms with Crippen LogP contribution >= 0.6 is 0 Å². The summed E-state index contributed by atoms with van der Waals surface area (Å²) in [5.41, 5.74) is 0. The van der Waals surface area contributed by atoms with Gasteiger partial charge >= 0.3 is 0 Å². The lowest BCUT2D eigenvalue weighted by Crippen LogP contribution is -2.57. The lowest BCUT2D eigenvalue weighted by Gasteiger charge is -2.38. The van der Waals surface area contributed by atoms with E-state index in [9.17, 15) is 15.3 Å². The van der Waals surface area contributed by atoms with Crippen LogP contribution in [0.2, 0.25) is 0 Å². The molecule has 1 rings (SSSR count). The summed E-state index contributed by atoms with van der Waals surface area (Å²) in [6, 6.07) is 0. The number of hydrogen-bond donors (Lipinski definition) is 4. The van der Waals surface area contributed by atoms with Gasteiger partial charge in [-0.15, -0.1) is 0 Å². The van der Waals surface area contributed by atoms with E-state index in [-0.39, 0.29) is 6.61 Å². The Morgan fingerprint density at radius 1 is 1.08 bits per heavy atom. The maximum absolute atomic E-state index is 9.23. The van der Waals surface area contributed by atoms with Crippen LogP contribution in [-0.2, 0) is 4.74 Å². The summed E-state index contributed by atoms with van der Waals surface area (Å²) in [5.74, 6) is 0. The average Bonchev–Trinajstić information content (AvgIpc) is 2.08. The SMILES string of the molecule is C[C@H]1OC(CO)[C@H](O)C(O)[C@@H]1O. The smallest absolute Gasteiger partial charge is 0.111 e. The van der Waals surface area contributed by atoms with Gasteiger partial charge in [0.25, 0.3) is 0 Å². The Morgan fingerprint density at radius 3 is 2.17 bits per heavy atom. The number of hydrogen-bond acceptors (Lipinski definition) is 5. The second-order valence-electron chi connectivity index (χ2n) is 3.03. The van der Waals surface area contributed by atoms with Gasteiger partial charge in [0.2, 0.25) is 0 Å². The molecule has 0 aromatic heterocycles. The second kappa shape index (κ2) is 3.68. The van der Waals surface area contributed by atoms with Gasteiger partial charge in [-0.1, -0.05) is 0 Å². The standard InChI is InChI=1S/C7H14O5/c1-3-5(9)7(11)6(10)4(2-8)12-3/h3-11H,2H2,1H3/t3-,4?,5-,6+,7?/m1/s1. The van der Waals surface area contributed by atoms with E-state index in [1.54, 1.807) is 6.92 Å². The third-order valence-corrected chi connectivity index (χ3v) is 2.13. The van der Waals surface area contributed by atoms with Gasteiger partial charge in [0, 0.05) is 0 Å². The highest BCUT2D eigenvalue weighted by atomic mass is 16.5. The van der Waals surface area contributed by atoms with E-state index in [0.717, 1.165) is 0 Å². The summed E-state index contributed by atoms with van der Waals surface area (Å²) in [5, 5.41) is 36.4. The van der Waals surface area contributed by atoms with Crippen molar-refractivity contribution in [1.29, 1.82) is 0 Å². The molecule has 0 aliphatic carbocycles. The molecule has 12 heavy (non-hydrogen) atoms. The highest BCUT2D eigenvalue weighted by molar-refractivity contribution is 4.89. The van der Waals surface area contributed by atoms with Crippen LogP contribution in [0.25, 0.3) is 0 Å². The number of rotatable bonds is 1. The largest absolute Gasteiger partial charge is 0.394 e. The van der Waals surface area contributed by atoms with Crippen LogP contribution in [-0.4, -0.2) is 57.6 Å². The first-order valence-electron chi connectivity index (χ1n) is 3.88. The molecule has 1 heterocycles. The molecule has 0 aromatic carbocycles. The zero-order valence-electron chi connectivity index (χ0n) is 6.79. The third-order valence-electron chi connectivity index (χ3n) is 2.13. The molecular formula is C7H14O5. The van der Waals surface area contributed by atoms with Gasteiger partial charge in [-0.05, 0) is 6.92 Å². The molecule has 2 unspecified atom stereocenters. The molecule has 5 nitrogen and oxygen atoms in total. The molecule has 0 amide bonds. The lowest BCUT2D eigenvalue weighted by atomic mass is 9.96. The summed E-state index contributed by atoms with van der Waals surface area (Å²) in [4.78, 5) is 0. The summed E-state index contributed by atoms with van der Waals surface area (Å²) in [6.07, 6.45) is -4.94. The number of aliphatic hydroxyl groups excluding tert-OH is 4. The highest BCUT2D eigenvalue weighted by Crippen LogP contribution is 2.20. The van der Waals surface area contributed by atoms with E-state index in [0.29, 0.717) is 0 Å². The van der Waals surface area contributed by atoms with Crippen molar-refractivity contribution >= 4 is 0 Å². The fourth-order valence-electron chi connectivity index (χ4n) is 1.29. The highest BCUT2D eigenvalue weighted by Gasteiger charge is 2.41. The van der Waals surface area contributed by atoms with E-state index in [2.05, 4.69) is 0 Å². The zero-order valence-corrected chi connectivity index (χ0v) is 6.79. The van der Waals surface area contributed by atoms with Crippen LogP contribution in [0.3, 0.4) is 0 Å². The third kappa shape index (κ3) is 1.60. The Morgan fingerprint density at radius 2 is 1.67 bits per heavy atom. The molecule has 1 saturated heterocycles. The first-order chi connectivity index (χ1) is 5.57. The quantitative estimate of drug-likeness (QED) is 0.367. The molecule has 72 valence electrons. The van der Waals surface area contributed by atoms with Gasteiger partial charge in [0.05, 0.1) is 12.7 Å². The van der Waals surface area contributed by atoms with Crippen molar-refractivity contribution in [1.82, 2.24) is 0 Å². The molecule has 4 N–H and O–H groups in total. The minimum Gasteiger partial charge on any atom is -0.394 e. The maximum Gasteiger partial charge on any atom is 0.111 e. The van der Waals surface area contributed by atoms with E-state index in [1.807, 2.05) is 0 Å². The maximum atomic E-state index is 9.23. The first-order valence-corrected chi connectivity index (χ1v) is 3.88. The average molecular weight is 178 g/mol. The molecule has 1 aliphatic heterocycles. The molecule has 0 aromatic rings. The van der Waals surface area contributed by atoms with E-state index in [4.69, 9.17) is 9.84 Å². The van der Waals surface area contributed by atoms with Crippen molar-refractivity contribution in [2.75, 3.05) is 6.61 Å². The molecule has 0 saturated carbocycles. The van der Waals surface area contributed by atoms with Crippen LogP contribution in [0.1, 0.15) is 6.92 Å². The monoisotopic (exact) mass is 178 g/mol. The van der Waals surface area contributed by atoms with Crippen molar-refractivity contribution < 1.29 is 25.2 Å². The Balaban J connectivity index is 2.63. The fraction of sp³-hybridized carbons (Fsp3) is 1.00. The van der Waals surface area contributed by atoms with Crippen LogP contribution < -0.4 is 0 Å². The minimum absolute atomic E-state index is 0.366. The first kappa shape index (κ1) is 9.88. The predicted molar refractivity (Wildman–Crippen MR) is 39.4 cm³/mol. The fourth-order valence-corrected chi connectivity index (χ4v) is 1.29. The Hall–Kier alpha value is -0.200. The van der Waals surface area contributed by atoms with Crippen molar-refractivity contribution in [3.05, 3.63) is 0 Å². The molecule has 0 spiro atoms. The lowest BCUT2D eigenvalue weighted by molar-refractivity contribution is -0.224. The predicted octanol–water partition coefficient (Wildman–Crippen LogP) is -2.15. The molecule has 0 radical (unpaired) electrons. The van der Waals surface area contributed by atoms with Crippen LogP contribution in [0.4, 0.5) is 0 Å². The van der Waals surface area contributed by atoms with E-state index < -0.39 is 30.5 Å². The topological polar surface area (TPSA) is 90.2 Å². The Kier molecular flexibility index (Phi) is 3.03. The van der Waals surface area contributed by atoms with Crippen LogP contribution in [0, 0.1) is 0 Å². The zero-order chi connectivity index (χ0) is 9.30. The summed E-state index contributed by atoms with van der Waals surface area (Å²) in [7, 11) is 0. The molecular weight excluding hydrogens is 164 g/mol. The van der Waals surface area contributed by atoms with Crippen molar-refractivity contribution in [3.8, 4) is 0 Å². The van der Waals surface area contributed by atoms with E-state index in [1.165, 1.54) is 0 Å². The molecule has 5 atom stereocenters. The van der Waals surface area contributed by atoms with Crippen LogP contribution in [0.5, 0.6) is 0 Å². The van der Waals surface area contributed by atoms with Gasteiger partial charge in [0.15, 0.2) is 0 Å². The van der Waals surface area contributed by atoms with Crippen molar-refractivity contribution in [2.45, 2.75) is 37.4 Å². The molecule has 5 heteroatoms. The second-order valence-corrected chi connectivity index (χ2v) is 3.03. The molecule has 1 aliphatic rings. The van der Waals surface area contributed by atoms with Crippen molar-refractivity contribution in [2.24, 2.45) is 0 Å². The number of ether oxygens (including phenoxy) is 1. The van der Waals surface area contributed by atoms with Crippen molar-refractivity contribution in [3.63, 3.8) is 0 Å². The normalized spacial score (nSPS) is 49.2. The van der Waals surface area contributed by atoms with E-state index >= 15 is 0 Å².